The second kappa shape index (κ2) is 9.05. The predicted molar refractivity (Wildman–Crippen MR) is 88.2 cm³/mol. The van der Waals surface area contributed by atoms with Crippen molar-refractivity contribution < 1.29 is 9.18 Å². The van der Waals surface area contributed by atoms with Gasteiger partial charge in [0.05, 0.1) is 11.7 Å². The first-order chi connectivity index (χ1) is 10.5. The fraction of sp³-hybridized carbons (Fsp3) is 0.333. The molecule has 118 valence electrons. The SMILES string of the molecule is CC[C@H](NC)C(C)=O.Cc1cc(-c2ccccn2)ccc1F. The topological polar surface area (TPSA) is 42.0 Å². The Morgan fingerprint density at radius 2 is 2.05 bits per heavy atom. The van der Waals surface area contributed by atoms with Gasteiger partial charge in [-0.15, -0.1) is 0 Å². The molecule has 4 heteroatoms. The van der Waals surface area contributed by atoms with Crippen LogP contribution in [-0.4, -0.2) is 23.9 Å². The lowest BCUT2D eigenvalue weighted by atomic mass is 10.1. The first-order valence-electron chi connectivity index (χ1n) is 7.34. The summed E-state index contributed by atoms with van der Waals surface area (Å²) in [6, 6.07) is 10.8. The number of benzene rings is 1. The van der Waals surface area contributed by atoms with Crippen LogP contribution < -0.4 is 5.32 Å². The van der Waals surface area contributed by atoms with Crippen LogP contribution in [0.5, 0.6) is 0 Å². The Morgan fingerprint density at radius 3 is 2.45 bits per heavy atom. The fourth-order valence-corrected chi connectivity index (χ4v) is 2.03. The Bertz CT molecular complexity index is 595. The highest BCUT2D eigenvalue weighted by atomic mass is 19.1. The molecule has 0 radical (unpaired) electrons. The summed E-state index contributed by atoms with van der Waals surface area (Å²) < 4.78 is 13.0. The second-order valence-corrected chi connectivity index (χ2v) is 5.04. The molecule has 1 N–H and O–H groups in total. The highest BCUT2D eigenvalue weighted by molar-refractivity contribution is 5.81. The van der Waals surface area contributed by atoms with Crippen LogP contribution in [-0.2, 0) is 4.79 Å². The summed E-state index contributed by atoms with van der Waals surface area (Å²) in [5.74, 6) is 0.0414. The lowest BCUT2D eigenvalue weighted by Crippen LogP contribution is -2.31. The standard InChI is InChI=1S/C12H10FN.C6H13NO/c1-9-8-10(5-6-11(9)13)12-4-2-3-7-14-12;1-4-6(7-3)5(2)8/h2-8H,1H3;6-7H,4H2,1-3H3/t;6-/m.0/s1. The molecule has 0 aliphatic rings. The van der Waals surface area contributed by atoms with Gasteiger partial charge in [-0.25, -0.2) is 4.39 Å². The second-order valence-electron chi connectivity index (χ2n) is 5.04. The molecule has 1 aromatic heterocycles. The fourth-order valence-electron chi connectivity index (χ4n) is 2.03. The van der Waals surface area contributed by atoms with E-state index >= 15 is 0 Å². The summed E-state index contributed by atoms with van der Waals surface area (Å²) in [6.45, 7) is 5.34. The predicted octanol–water partition coefficient (Wildman–Crippen LogP) is 3.77. The van der Waals surface area contributed by atoms with Gasteiger partial charge in [0.1, 0.15) is 11.6 Å². The van der Waals surface area contributed by atoms with Crippen LogP contribution in [0.4, 0.5) is 4.39 Å². The molecule has 0 saturated carbocycles. The number of likely N-dealkylation sites (N-methyl/N-ethyl adjacent to an activating group) is 1. The van der Waals surface area contributed by atoms with E-state index in [4.69, 9.17) is 0 Å². The Kier molecular flexibility index (Phi) is 7.40. The monoisotopic (exact) mass is 302 g/mol. The molecule has 2 rings (SSSR count). The van der Waals surface area contributed by atoms with E-state index in [1.807, 2.05) is 25.1 Å². The Hall–Kier alpha value is -2.07. The number of pyridine rings is 1. The summed E-state index contributed by atoms with van der Waals surface area (Å²) in [7, 11) is 1.80. The summed E-state index contributed by atoms with van der Waals surface area (Å²) in [5.41, 5.74) is 2.47. The van der Waals surface area contributed by atoms with Gasteiger partial charge in [-0.05, 0) is 63.2 Å². The minimum atomic E-state index is -0.176. The summed E-state index contributed by atoms with van der Waals surface area (Å²) in [5, 5.41) is 2.90. The van der Waals surface area contributed by atoms with Crippen LogP contribution in [0.15, 0.2) is 42.6 Å². The van der Waals surface area contributed by atoms with Crippen molar-refractivity contribution in [2.75, 3.05) is 7.05 Å². The van der Waals surface area contributed by atoms with E-state index < -0.39 is 0 Å². The first kappa shape index (κ1) is 18.0. The van der Waals surface area contributed by atoms with Crippen molar-refractivity contribution in [3.8, 4) is 11.3 Å². The zero-order chi connectivity index (χ0) is 16.5. The van der Waals surface area contributed by atoms with E-state index in [-0.39, 0.29) is 17.6 Å². The Morgan fingerprint density at radius 1 is 1.32 bits per heavy atom. The van der Waals surface area contributed by atoms with Gasteiger partial charge < -0.3 is 5.32 Å². The molecule has 1 heterocycles. The third-order valence-corrected chi connectivity index (χ3v) is 3.37. The average molecular weight is 302 g/mol. The number of hydrogen-bond acceptors (Lipinski definition) is 3. The van der Waals surface area contributed by atoms with Crippen molar-refractivity contribution >= 4 is 5.78 Å². The lowest BCUT2D eigenvalue weighted by Gasteiger charge is -2.07. The molecule has 0 aliphatic heterocycles. The van der Waals surface area contributed by atoms with Crippen molar-refractivity contribution in [1.82, 2.24) is 10.3 Å². The van der Waals surface area contributed by atoms with Crippen molar-refractivity contribution in [3.05, 3.63) is 54.0 Å². The van der Waals surface area contributed by atoms with Crippen molar-refractivity contribution in [1.29, 1.82) is 0 Å². The maximum atomic E-state index is 13.0. The van der Waals surface area contributed by atoms with Crippen LogP contribution in [0.25, 0.3) is 11.3 Å². The highest BCUT2D eigenvalue weighted by Crippen LogP contribution is 2.19. The molecule has 0 fully saturated rings. The van der Waals surface area contributed by atoms with Crippen molar-refractivity contribution in [2.45, 2.75) is 33.2 Å². The van der Waals surface area contributed by atoms with Gasteiger partial charge in [-0.1, -0.05) is 13.0 Å². The van der Waals surface area contributed by atoms with Gasteiger partial charge in [-0.3, -0.25) is 9.78 Å². The maximum Gasteiger partial charge on any atom is 0.146 e. The number of nitrogens with zero attached hydrogens (tertiary/aromatic N) is 1. The zero-order valence-electron chi connectivity index (χ0n) is 13.6. The molecule has 0 spiro atoms. The summed E-state index contributed by atoms with van der Waals surface area (Å²) >= 11 is 0. The maximum absolute atomic E-state index is 13.0. The number of hydrogen-bond donors (Lipinski definition) is 1. The van der Waals surface area contributed by atoms with Crippen molar-refractivity contribution in [3.63, 3.8) is 0 Å². The lowest BCUT2D eigenvalue weighted by molar-refractivity contribution is -0.118. The Balaban J connectivity index is 0.000000261. The van der Waals surface area contributed by atoms with Crippen molar-refractivity contribution in [2.24, 2.45) is 0 Å². The largest absolute Gasteiger partial charge is 0.311 e. The van der Waals surface area contributed by atoms with Crippen LogP contribution >= 0.6 is 0 Å². The Labute approximate surface area is 131 Å². The average Bonchev–Trinajstić information content (AvgIpc) is 2.52. The molecule has 1 atom stereocenters. The summed E-state index contributed by atoms with van der Waals surface area (Å²) in [4.78, 5) is 14.7. The van der Waals surface area contributed by atoms with E-state index in [9.17, 15) is 9.18 Å². The number of carbonyl (C=O) groups excluding carboxylic acids is 1. The molecule has 22 heavy (non-hydrogen) atoms. The summed E-state index contributed by atoms with van der Waals surface area (Å²) in [6.07, 6.45) is 2.61. The van der Waals surface area contributed by atoms with Gasteiger partial charge >= 0.3 is 0 Å². The van der Waals surface area contributed by atoms with E-state index in [0.29, 0.717) is 5.56 Å². The minimum Gasteiger partial charge on any atom is -0.311 e. The van der Waals surface area contributed by atoms with Gasteiger partial charge in [0.15, 0.2) is 0 Å². The van der Waals surface area contributed by atoms with Crippen LogP contribution in [0, 0.1) is 12.7 Å². The van der Waals surface area contributed by atoms with Crippen LogP contribution in [0.2, 0.25) is 0 Å². The van der Waals surface area contributed by atoms with Gasteiger partial charge in [0.2, 0.25) is 0 Å². The molecular formula is C18H23FN2O. The molecule has 0 amide bonds. The molecular weight excluding hydrogens is 279 g/mol. The molecule has 0 unspecified atom stereocenters. The zero-order valence-corrected chi connectivity index (χ0v) is 13.6. The number of aromatic nitrogens is 1. The van der Waals surface area contributed by atoms with E-state index in [1.165, 1.54) is 6.07 Å². The quantitative estimate of drug-likeness (QED) is 0.935. The number of Topliss-reactive ketones (excluding diaryl/α,β-unsaturated/α-hetero) is 1. The van der Waals surface area contributed by atoms with Gasteiger partial charge in [0.25, 0.3) is 0 Å². The molecule has 1 aromatic carbocycles. The number of carbonyl (C=O) groups is 1. The first-order valence-corrected chi connectivity index (χ1v) is 7.34. The number of rotatable bonds is 4. The van der Waals surface area contributed by atoms with E-state index in [2.05, 4.69) is 10.3 Å². The minimum absolute atomic E-state index is 0.0648. The molecule has 2 aromatic rings. The smallest absolute Gasteiger partial charge is 0.146 e. The number of aryl methyl sites for hydroxylation is 1. The number of nitrogens with one attached hydrogen (secondary N) is 1. The van der Waals surface area contributed by atoms with Gasteiger partial charge in [0, 0.05) is 11.8 Å². The third-order valence-electron chi connectivity index (χ3n) is 3.37. The number of halogens is 1. The molecule has 0 bridgehead atoms. The van der Waals surface area contributed by atoms with Gasteiger partial charge in [-0.2, -0.15) is 0 Å². The van der Waals surface area contributed by atoms with E-state index in [1.54, 1.807) is 39.2 Å². The van der Waals surface area contributed by atoms with Crippen LogP contribution in [0.3, 0.4) is 0 Å². The third kappa shape index (κ3) is 5.37. The van der Waals surface area contributed by atoms with E-state index in [0.717, 1.165) is 17.7 Å². The number of ketones is 1. The molecule has 0 saturated heterocycles. The normalized spacial score (nSPS) is 11.3. The highest BCUT2D eigenvalue weighted by Gasteiger charge is 2.05. The molecule has 3 nitrogen and oxygen atoms in total. The van der Waals surface area contributed by atoms with Crippen LogP contribution in [0.1, 0.15) is 25.8 Å². The molecule has 0 aliphatic carbocycles.